The van der Waals surface area contributed by atoms with Crippen LogP contribution >= 0.6 is 0 Å². The van der Waals surface area contributed by atoms with Crippen molar-refractivity contribution in [2.75, 3.05) is 0 Å². The van der Waals surface area contributed by atoms with E-state index in [9.17, 15) is 0 Å². The maximum Gasteiger partial charge on any atom is 0.00957 e. The third-order valence-electron chi connectivity index (χ3n) is 8.36. The lowest BCUT2D eigenvalue weighted by molar-refractivity contribution is 0.500. The molecule has 0 heteroatoms. The Balaban J connectivity index is 3.29. The number of benzene rings is 2. The molecule has 0 aromatic heterocycles. The van der Waals surface area contributed by atoms with Gasteiger partial charge in [-0.3, -0.25) is 0 Å². The van der Waals surface area contributed by atoms with Crippen molar-refractivity contribution < 1.29 is 0 Å². The number of rotatable bonds is 3. The van der Waals surface area contributed by atoms with Crippen LogP contribution in [0.15, 0.2) is 24.3 Å². The van der Waals surface area contributed by atoms with Crippen molar-refractivity contribution in [1.29, 1.82) is 0 Å². The maximum atomic E-state index is 2.64. The molecular weight excluding hydrogens is 468 g/mol. The first-order chi connectivity index (χ1) is 17.1. The van der Waals surface area contributed by atoms with Gasteiger partial charge in [-0.25, -0.2) is 0 Å². The second-order valence-electron chi connectivity index (χ2n) is 18.4. The van der Waals surface area contributed by atoms with E-state index in [0.29, 0.717) is 5.92 Å². The van der Waals surface area contributed by atoms with Gasteiger partial charge in [-0.2, -0.15) is 0 Å². The summed E-state index contributed by atoms with van der Waals surface area (Å²) in [6, 6.07) is 10.2. The van der Waals surface area contributed by atoms with Crippen LogP contribution in [0, 0.1) is 0 Å². The van der Waals surface area contributed by atoms with E-state index in [2.05, 4.69) is 156 Å². The summed E-state index contributed by atoms with van der Waals surface area (Å²) in [6.07, 6.45) is 1.08. The van der Waals surface area contributed by atoms with Crippen LogP contribution < -0.4 is 0 Å². The molecule has 0 radical (unpaired) electrons. The van der Waals surface area contributed by atoms with Crippen LogP contribution in [0.3, 0.4) is 0 Å². The Morgan fingerprint density at radius 1 is 0.436 bits per heavy atom. The lowest BCUT2D eigenvalue weighted by Crippen LogP contribution is -2.30. The molecule has 0 spiro atoms. The molecule has 2 rings (SSSR count). The molecule has 0 heterocycles. The van der Waals surface area contributed by atoms with Gasteiger partial charge < -0.3 is 0 Å². The lowest BCUT2D eigenvalue weighted by atomic mass is 9.64. The van der Waals surface area contributed by atoms with Crippen molar-refractivity contribution >= 4 is 0 Å². The fourth-order valence-corrected chi connectivity index (χ4v) is 6.44. The molecular formula is C39H64. The van der Waals surface area contributed by atoms with Crippen molar-refractivity contribution in [3.63, 3.8) is 0 Å². The highest BCUT2D eigenvalue weighted by atomic mass is 14.4. The van der Waals surface area contributed by atoms with Crippen molar-refractivity contribution in [2.24, 2.45) is 0 Å². The van der Waals surface area contributed by atoms with E-state index < -0.39 is 0 Å². The molecule has 0 aliphatic rings. The zero-order chi connectivity index (χ0) is 30.7. The van der Waals surface area contributed by atoms with Gasteiger partial charge in [0.25, 0.3) is 0 Å². The Hall–Kier alpha value is -1.56. The third-order valence-corrected chi connectivity index (χ3v) is 8.36. The van der Waals surface area contributed by atoms with E-state index in [0.717, 1.165) is 6.42 Å². The largest absolute Gasteiger partial charge is 0.0645 e. The Bertz CT molecular complexity index is 1160. The van der Waals surface area contributed by atoms with Crippen molar-refractivity contribution in [2.45, 2.75) is 176 Å². The monoisotopic (exact) mass is 533 g/mol. The second-order valence-corrected chi connectivity index (χ2v) is 18.4. The highest BCUT2D eigenvalue weighted by Gasteiger charge is 2.37. The molecule has 1 unspecified atom stereocenters. The van der Waals surface area contributed by atoms with Crippen LogP contribution in [-0.2, 0) is 32.5 Å². The molecule has 0 saturated carbocycles. The Morgan fingerprint density at radius 3 is 1.13 bits per heavy atom. The summed E-state index contributed by atoms with van der Waals surface area (Å²) in [4.78, 5) is 0. The second kappa shape index (κ2) is 10.4. The SMILES string of the molecule is CCC(c1cc(C(C)(C)C)c(C(C)(C)C)cc1C(C)(C)C)c1c(C(C)(C)C)ccc(C(C)(C)C)c1C(C)(C)C. The molecule has 2 aromatic carbocycles. The fraction of sp³-hybridized carbons (Fsp3) is 0.692. The standard InChI is InChI=1S/C39H64/c1-20-25(26-23-30(37(11,12)13)31(38(14,15)16)24-29(26)36(8,9)10)32-27(34(2,3)4)21-22-28(35(5,6)7)33(32)39(17,18)19/h21-25H,20H2,1-19H3. The van der Waals surface area contributed by atoms with Crippen molar-refractivity contribution in [3.05, 3.63) is 68.8 Å². The molecule has 0 saturated heterocycles. The van der Waals surface area contributed by atoms with E-state index >= 15 is 0 Å². The summed E-state index contributed by atoms with van der Waals surface area (Å²) < 4.78 is 0. The minimum absolute atomic E-state index is 0.0345. The molecule has 0 N–H and O–H groups in total. The van der Waals surface area contributed by atoms with Gasteiger partial charge in [-0.1, -0.05) is 156 Å². The molecule has 39 heavy (non-hydrogen) atoms. The van der Waals surface area contributed by atoms with E-state index in [-0.39, 0.29) is 32.5 Å². The average Bonchev–Trinajstić information content (AvgIpc) is 2.69. The summed E-state index contributed by atoms with van der Waals surface area (Å²) in [5, 5.41) is 0. The predicted octanol–water partition coefficient (Wildman–Crippen LogP) is 12.0. The Morgan fingerprint density at radius 2 is 0.795 bits per heavy atom. The van der Waals surface area contributed by atoms with E-state index in [1.54, 1.807) is 11.1 Å². The summed E-state index contributed by atoms with van der Waals surface area (Å²) in [5.74, 6) is 0.333. The quantitative estimate of drug-likeness (QED) is 0.369. The van der Waals surface area contributed by atoms with Crippen LogP contribution in [0.2, 0.25) is 0 Å². The minimum atomic E-state index is 0.0345. The zero-order valence-electron chi connectivity index (χ0n) is 29.6. The first kappa shape index (κ1) is 33.6. The molecule has 1 atom stereocenters. The van der Waals surface area contributed by atoms with Gasteiger partial charge in [-0.05, 0) is 83.4 Å². The molecule has 0 nitrogen and oxygen atoms in total. The highest BCUT2D eigenvalue weighted by molar-refractivity contribution is 5.57. The molecule has 0 fully saturated rings. The molecule has 0 bridgehead atoms. The Labute approximate surface area is 244 Å². The molecule has 0 amide bonds. The van der Waals surface area contributed by atoms with Crippen LogP contribution in [0.5, 0.6) is 0 Å². The molecule has 0 aliphatic heterocycles. The van der Waals surface area contributed by atoms with Crippen molar-refractivity contribution in [3.8, 4) is 0 Å². The molecule has 0 aliphatic carbocycles. The van der Waals surface area contributed by atoms with Crippen LogP contribution in [-0.4, -0.2) is 0 Å². The van der Waals surface area contributed by atoms with Gasteiger partial charge in [0.05, 0.1) is 0 Å². The normalized spacial score (nSPS) is 15.1. The minimum Gasteiger partial charge on any atom is -0.0645 e. The van der Waals surface area contributed by atoms with Gasteiger partial charge in [0.2, 0.25) is 0 Å². The predicted molar refractivity (Wildman–Crippen MR) is 177 cm³/mol. The first-order valence-electron chi connectivity index (χ1n) is 15.5. The molecule has 220 valence electrons. The van der Waals surface area contributed by atoms with Gasteiger partial charge in [-0.15, -0.1) is 0 Å². The zero-order valence-corrected chi connectivity index (χ0v) is 29.6. The third kappa shape index (κ3) is 7.21. The first-order valence-corrected chi connectivity index (χ1v) is 15.5. The van der Waals surface area contributed by atoms with Gasteiger partial charge >= 0.3 is 0 Å². The van der Waals surface area contributed by atoms with Crippen LogP contribution in [0.4, 0.5) is 0 Å². The average molecular weight is 533 g/mol. The van der Waals surface area contributed by atoms with E-state index in [1.807, 2.05) is 0 Å². The molecule has 2 aromatic rings. The van der Waals surface area contributed by atoms with Crippen LogP contribution in [0.25, 0.3) is 0 Å². The summed E-state index contributed by atoms with van der Waals surface area (Å²) in [5.41, 5.74) is 12.5. The van der Waals surface area contributed by atoms with E-state index in [4.69, 9.17) is 0 Å². The van der Waals surface area contributed by atoms with Gasteiger partial charge in [0, 0.05) is 5.92 Å². The Kier molecular flexibility index (Phi) is 8.94. The van der Waals surface area contributed by atoms with E-state index in [1.165, 1.54) is 33.4 Å². The summed E-state index contributed by atoms with van der Waals surface area (Å²) in [7, 11) is 0. The topological polar surface area (TPSA) is 0 Å². The smallest absolute Gasteiger partial charge is 0.00957 e. The number of hydrogen-bond donors (Lipinski definition) is 0. The highest BCUT2D eigenvalue weighted by Crippen LogP contribution is 2.49. The van der Waals surface area contributed by atoms with Crippen LogP contribution in [0.1, 0.15) is 188 Å². The number of hydrogen-bond acceptors (Lipinski definition) is 0. The van der Waals surface area contributed by atoms with Gasteiger partial charge in [0.15, 0.2) is 0 Å². The van der Waals surface area contributed by atoms with Gasteiger partial charge in [0.1, 0.15) is 0 Å². The summed E-state index contributed by atoms with van der Waals surface area (Å²) in [6.45, 7) is 45.6. The fourth-order valence-electron chi connectivity index (χ4n) is 6.44. The maximum absolute atomic E-state index is 2.64. The lowest BCUT2D eigenvalue weighted by Gasteiger charge is -2.41. The van der Waals surface area contributed by atoms with Crippen molar-refractivity contribution in [1.82, 2.24) is 0 Å². The summed E-state index contributed by atoms with van der Waals surface area (Å²) >= 11 is 0.